The number of piperidine rings is 1. The van der Waals surface area contributed by atoms with Crippen LogP contribution >= 0.6 is 11.6 Å². The van der Waals surface area contributed by atoms with Crippen molar-refractivity contribution in [1.82, 2.24) is 15.2 Å². The number of aromatic amines is 1. The number of benzene rings is 2. The van der Waals surface area contributed by atoms with E-state index in [0.717, 1.165) is 67.6 Å². The van der Waals surface area contributed by atoms with Crippen LogP contribution in [0.5, 0.6) is 0 Å². The SMILES string of the molecule is CC(=N)NCC[C@@H]1CCC[C@@H](c2ccc(N3C=c4cc(-c5cc(CCC[C@H](C)N)cc(Cl)c5F)[nH]c4=NC3O)cc2)N1CCC1CC1. The van der Waals surface area contributed by atoms with Crippen LogP contribution in [0.25, 0.3) is 17.5 Å². The summed E-state index contributed by atoms with van der Waals surface area (Å²) in [5, 5.41) is 22.9. The first kappa shape index (κ1) is 33.7. The van der Waals surface area contributed by atoms with Gasteiger partial charge in [0.05, 0.1) is 16.6 Å². The summed E-state index contributed by atoms with van der Waals surface area (Å²) in [7, 11) is 0. The Morgan fingerprint density at radius 1 is 1.17 bits per heavy atom. The van der Waals surface area contributed by atoms with Crippen molar-refractivity contribution in [2.75, 3.05) is 18.0 Å². The molecule has 1 saturated heterocycles. The van der Waals surface area contributed by atoms with Crippen LogP contribution in [0.15, 0.2) is 47.5 Å². The van der Waals surface area contributed by atoms with Gasteiger partial charge in [0, 0.05) is 47.3 Å². The first-order chi connectivity index (χ1) is 22.7. The van der Waals surface area contributed by atoms with Gasteiger partial charge in [0.15, 0.2) is 5.82 Å². The molecule has 0 radical (unpaired) electrons. The van der Waals surface area contributed by atoms with E-state index in [4.69, 9.17) is 22.7 Å². The summed E-state index contributed by atoms with van der Waals surface area (Å²) in [4.78, 5) is 12.2. The molecule has 6 N–H and O–H groups in total. The van der Waals surface area contributed by atoms with E-state index in [1.54, 1.807) is 17.9 Å². The lowest BCUT2D eigenvalue weighted by Crippen LogP contribution is -2.44. The lowest BCUT2D eigenvalue weighted by molar-refractivity contribution is 0.0746. The van der Waals surface area contributed by atoms with Gasteiger partial charge in [-0.2, -0.15) is 0 Å². The Kier molecular flexibility index (Phi) is 10.7. The van der Waals surface area contributed by atoms with E-state index < -0.39 is 12.2 Å². The number of H-pyrrole nitrogens is 1. The van der Waals surface area contributed by atoms with Gasteiger partial charge in [0.1, 0.15) is 5.49 Å². The second kappa shape index (κ2) is 14.9. The first-order valence-electron chi connectivity index (χ1n) is 17.3. The summed E-state index contributed by atoms with van der Waals surface area (Å²) < 4.78 is 15.2. The summed E-state index contributed by atoms with van der Waals surface area (Å²) in [6.45, 7) is 5.73. The molecule has 1 aliphatic carbocycles. The Balaban J connectivity index is 1.21. The van der Waals surface area contributed by atoms with Crippen LogP contribution in [-0.4, -0.2) is 52.4 Å². The summed E-state index contributed by atoms with van der Waals surface area (Å²) in [6.07, 6.45) is 11.8. The van der Waals surface area contributed by atoms with Crippen molar-refractivity contribution in [3.05, 3.63) is 75.1 Å². The molecular weight excluding hydrogens is 613 g/mol. The fraction of sp³-hybridized carbons (Fsp3) is 0.514. The van der Waals surface area contributed by atoms with Gasteiger partial charge < -0.3 is 26.0 Å². The van der Waals surface area contributed by atoms with E-state index in [1.165, 1.54) is 37.7 Å². The molecule has 2 aliphatic heterocycles. The van der Waals surface area contributed by atoms with Crippen molar-refractivity contribution in [1.29, 1.82) is 5.41 Å². The highest BCUT2D eigenvalue weighted by molar-refractivity contribution is 6.31. The van der Waals surface area contributed by atoms with Crippen LogP contribution in [0.1, 0.15) is 88.8 Å². The third-order valence-corrected chi connectivity index (χ3v) is 10.2. The number of anilines is 1. The molecule has 0 spiro atoms. The molecule has 0 amide bonds. The minimum atomic E-state index is -1.11. The van der Waals surface area contributed by atoms with Crippen molar-refractivity contribution in [2.45, 2.75) is 103 Å². The molecular formula is C37H49ClFN7O. The fourth-order valence-corrected chi connectivity index (χ4v) is 7.44. The molecule has 0 bridgehead atoms. The third-order valence-electron chi connectivity index (χ3n) is 9.92. The zero-order valence-corrected chi connectivity index (χ0v) is 28.4. The number of rotatable bonds is 13. The number of amidine groups is 1. The molecule has 8 nitrogen and oxygen atoms in total. The summed E-state index contributed by atoms with van der Waals surface area (Å²) in [5.41, 5.74) is 10.5. The molecule has 4 atom stereocenters. The lowest BCUT2D eigenvalue weighted by Gasteiger charge is -2.43. The number of nitrogens with zero attached hydrogens (tertiary/aromatic N) is 3. The van der Waals surface area contributed by atoms with Gasteiger partial charge in [-0.1, -0.05) is 36.6 Å². The maximum atomic E-state index is 15.2. The van der Waals surface area contributed by atoms with Gasteiger partial charge in [-0.15, -0.1) is 0 Å². The molecule has 1 aromatic heterocycles. The number of aryl methyl sites for hydroxylation is 1. The summed E-state index contributed by atoms with van der Waals surface area (Å²) >= 11 is 6.31. The van der Waals surface area contributed by atoms with E-state index in [2.05, 4.69) is 44.5 Å². The Labute approximate surface area is 282 Å². The van der Waals surface area contributed by atoms with Crippen LogP contribution < -0.4 is 26.7 Å². The third kappa shape index (κ3) is 8.26. The van der Waals surface area contributed by atoms with Crippen LogP contribution in [0.2, 0.25) is 5.02 Å². The predicted molar refractivity (Wildman–Crippen MR) is 188 cm³/mol. The number of hydrogen-bond donors (Lipinski definition) is 5. The van der Waals surface area contributed by atoms with Crippen molar-refractivity contribution < 1.29 is 9.50 Å². The summed E-state index contributed by atoms with van der Waals surface area (Å²) in [5.74, 6) is 0.925. The highest BCUT2D eigenvalue weighted by atomic mass is 35.5. The van der Waals surface area contributed by atoms with Gasteiger partial charge >= 0.3 is 0 Å². The number of likely N-dealkylation sites (tertiary alicyclic amines) is 1. The number of fused-ring (bicyclic) bond motifs is 1. The highest BCUT2D eigenvalue weighted by Crippen LogP contribution is 2.39. The average Bonchev–Trinajstić information content (AvgIpc) is 3.78. The second-order valence-corrected chi connectivity index (χ2v) is 14.2. The average molecular weight is 662 g/mol. The first-order valence-corrected chi connectivity index (χ1v) is 17.7. The zero-order valence-electron chi connectivity index (χ0n) is 27.6. The number of halogens is 2. The van der Waals surface area contributed by atoms with E-state index in [1.807, 2.05) is 25.3 Å². The maximum absolute atomic E-state index is 15.2. The fourth-order valence-electron chi connectivity index (χ4n) is 7.20. The maximum Gasteiger partial charge on any atom is 0.231 e. The smallest absolute Gasteiger partial charge is 0.231 e. The minimum absolute atomic E-state index is 0.0852. The molecule has 3 heterocycles. The van der Waals surface area contributed by atoms with Gasteiger partial charge in [0.2, 0.25) is 6.35 Å². The van der Waals surface area contributed by atoms with Crippen molar-refractivity contribution in [3.8, 4) is 11.3 Å². The summed E-state index contributed by atoms with van der Waals surface area (Å²) in [6, 6.07) is 14.9. The molecule has 6 rings (SSSR count). The molecule has 10 heteroatoms. The molecule has 2 fully saturated rings. The van der Waals surface area contributed by atoms with Crippen LogP contribution in [0.4, 0.5) is 10.1 Å². The highest BCUT2D eigenvalue weighted by Gasteiger charge is 2.33. The second-order valence-electron chi connectivity index (χ2n) is 13.8. The van der Waals surface area contributed by atoms with Crippen LogP contribution in [0.3, 0.4) is 0 Å². The van der Waals surface area contributed by atoms with E-state index >= 15 is 4.39 Å². The van der Waals surface area contributed by atoms with Crippen molar-refractivity contribution in [3.63, 3.8) is 0 Å². The molecule has 1 unspecified atom stereocenters. The van der Waals surface area contributed by atoms with E-state index in [-0.39, 0.29) is 11.1 Å². The van der Waals surface area contributed by atoms with Crippen molar-refractivity contribution >= 4 is 29.3 Å². The van der Waals surface area contributed by atoms with Crippen molar-refractivity contribution in [2.24, 2.45) is 16.6 Å². The predicted octanol–water partition coefficient (Wildman–Crippen LogP) is 5.97. The number of nitrogens with one attached hydrogen (secondary N) is 3. The lowest BCUT2D eigenvalue weighted by atomic mass is 9.89. The number of aliphatic hydroxyl groups excluding tert-OH is 1. The Hall–Kier alpha value is -3.24. The minimum Gasteiger partial charge on any atom is -0.374 e. The molecule has 2 aromatic carbocycles. The number of aromatic nitrogens is 1. The number of hydrogen-bond acceptors (Lipinski definition) is 6. The Bertz CT molecular complexity index is 1670. The normalized spacial score (nSPS) is 21.9. The standard InChI is InChI=1S/C37H49ClFN7O/c1-23(40)5-3-6-26-19-31(35(39)32(38)20-26)33-21-28-22-46(37(47)44-36(28)43-33)30-13-11-27(12-14-30)34-8-4-7-29(15-17-42-24(2)41)45(34)18-16-25-9-10-25/h11-14,19-23,25,29,34,37,47H,3-10,15-18,40H2,1-2H3,(H2,41,42)(H,43,44)/t23-,29-,34-,37?/m0/s1. The number of aliphatic hydroxyl groups is 1. The topological polar surface area (TPSA) is 117 Å². The molecule has 47 heavy (non-hydrogen) atoms. The molecule has 3 aromatic rings. The van der Waals surface area contributed by atoms with E-state index in [9.17, 15) is 5.11 Å². The number of nitrogens with two attached hydrogens (primary N) is 1. The monoisotopic (exact) mass is 661 g/mol. The van der Waals surface area contributed by atoms with Gasteiger partial charge in [-0.25, -0.2) is 9.38 Å². The largest absolute Gasteiger partial charge is 0.374 e. The molecule has 1 saturated carbocycles. The van der Waals surface area contributed by atoms with E-state index in [0.29, 0.717) is 34.7 Å². The Morgan fingerprint density at radius 3 is 2.68 bits per heavy atom. The van der Waals surface area contributed by atoms with Gasteiger partial charge in [-0.05, 0) is 119 Å². The van der Waals surface area contributed by atoms with Gasteiger partial charge in [0.25, 0.3) is 0 Å². The molecule has 252 valence electrons. The quantitative estimate of drug-likeness (QED) is 0.114. The van der Waals surface area contributed by atoms with Crippen LogP contribution in [-0.2, 0) is 6.42 Å². The van der Waals surface area contributed by atoms with Gasteiger partial charge in [-0.3, -0.25) is 10.3 Å². The zero-order chi connectivity index (χ0) is 33.1. The Morgan fingerprint density at radius 2 is 1.96 bits per heavy atom. The van der Waals surface area contributed by atoms with Crippen LogP contribution in [0, 0.1) is 17.1 Å². The molecule has 3 aliphatic rings.